The highest BCUT2D eigenvalue weighted by molar-refractivity contribution is 7.45. The summed E-state index contributed by atoms with van der Waals surface area (Å²) in [5.74, 6) is -0.366. The van der Waals surface area contributed by atoms with Crippen LogP contribution in [-0.2, 0) is 27.9 Å². The third-order valence-corrected chi connectivity index (χ3v) is 10.1. The number of esters is 1. The van der Waals surface area contributed by atoms with E-state index in [2.05, 4.69) is 111 Å². The van der Waals surface area contributed by atoms with Crippen LogP contribution < -0.4 is 4.89 Å². The molecule has 8 nitrogen and oxygen atoms in total. The molecule has 0 rings (SSSR count). The molecule has 59 heavy (non-hydrogen) atoms. The van der Waals surface area contributed by atoms with Gasteiger partial charge in [0.15, 0.2) is 0 Å². The molecule has 0 bridgehead atoms. The lowest BCUT2D eigenvalue weighted by Gasteiger charge is -2.28. The van der Waals surface area contributed by atoms with E-state index >= 15 is 0 Å². The van der Waals surface area contributed by atoms with Gasteiger partial charge in [-0.15, -0.1) is 0 Å². The van der Waals surface area contributed by atoms with Gasteiger partial charge in [-0.05, 0) is 96.3 Å². The number of ether oxygens (including phenoxy) is 2. The second kappa shape index (κ2) is 42.1. The van der Waals surface area contributed by atoms with E-state index in [0.29, 0.717) is 17.6 Å². The quantitative estimate of drug-likeness (QED) is 0.0199. The van der Waals surface area contributed by atoms with Crippen LogP contribution in [-0.4, -0.2) is 70.7 Å². The SMILES string of the molecule is CC/C=C\C/C=C\C/C=C\C/C=C\C/C=C\CCCCOCC(COP(=O)([O-])OCC[N+](C)(C)C)OC(=O)CCCCCCCC/C=C\C/C=C\C/C=C\CCCCC. The Balaban J connectivity index is 4.35. The molecule has 0 amide bonds. The average Bonchev–Trinajstić information content (AvgIpc) is 3.19. The first kappa shape index (κ1) is 56.4. The van der Waals surface area contributed by atoms with Gasteiger partial charge in [-0.25, -0.2) is 0 Å². The predicted molar refractivity (Wildman–Crippen MR) is 249 cm³/mol. The number of phosphoric ester groups is 1. The molecule has 9 heteroatoms. The maximum Gasteiger partial charge on any atom is 0.306 e. The second-order valence-corrected chi connectivity index (χ2v) is 17.4. The molecule has 338 valence electrons. The molecule has 0 aromatic carbocycles. The monoisotopic (exact) mass is 844 g/mol. The van der Waals surface area contributed by atoms with Crippen LogP contribution in [0.25, 0.3) is 0 Å². The van der Waals surface area contributed by atoms with Crippen LogP contribution in [0, 0.1) is 0 Å². The van der Waals surface area contributed by atoms with Crippen molar-refractivity contribution in [3.05, 3.63) is 97.2 Å². The Labute approximate surface area is 362 Å². The number of quaternary nitrogens is 1. The summed E-state index contributed by atoms with van der Waals surface area (Å²) in [6.07, 6.45) is 57.1. The van der Waals surface area contributed by atoms with E-state index in [1.165, 1.54) is 38.5 Å². The maximum absolute atomic E-state index is 12.7. The van der Waals surface area contributed by atoms with Crippen molar-refractivity contribution in [2.24, 2.45) is 0 Å². The van der Waals surface area contributed by atoms with Crippen molar-refractivity contribution in [3.8, 4) is 0 Å². The molecule has 0 aliphatic carbocycles. The molecule has 0 heterocycles. The van der Waals surface area contributed by atoms with Crippen LogP contribution in [0.3, 0.4) is 0 Å². The van der Waals surface area contributed by atoms with Crippen LogP contribution in [0.15, 0.2) is 97.2 Å². The Hall–Kier alpha value is -2.58. The Bertz CT molecular complexity index is 1260. The van der Waals surface area contributed by atoms with Gasteiger partial charge in [-0.1, -0.05) is 150 Å². The molecule has 0 saturated heterocycles. The topological polar surface area (TPSA) is 94.1 Å². The van der Waals surface area contributed by atoms with Gasteiger partial charge < -0.3 is 27.9 Å². The minimum absolute atomic E-state index is 0.00892. The highest BCUT2D eigenvalue weighted by atomic mass is 31.2. The normalized spacial score (nSPS) is 14.6. The number of phosphoric acid groups is 1. The number of likely N-dealkylation sites (N-methyl/N-ethyl adjacent to an activating group) is 1. The maximum atomic E-state index is 12.7. The lowest BCUT2D eigenvalue weighted by molar-refractivity contribution is -0.870. The zero-order chi connectivity index (χ0) is 43.4. The average molecular weight is 844 g/mol. The first-order valence-electron chi connectivity index (χ1n) is 23.0. The van der Waals surface area contributed by atoms with Crippen molar-refractivity contribution in [2.45, 2.75) is 161 Å². The second-order valence-electron chi connectivity index (χ2n) is 16.0. The molecule has 0 saturated carbocycles. The predicted octanol–water partition coefficient (Wildman–Crippen LogP) is 13.2. The molecule has 2 unspecified atom stereocenters. The molecule has 0 N–H and O–H groups in total. The molecule has 2 atom stereocenters. The summed E-state index contributed by atoms with van der Waals surface area (Å²) < 4.78 is 34.6. The highest BCUT2D eigenvalue weighted by Crippen LogP contribution is 2.38. The number of allylic oxidation sites excluding steroid dienone is 16. The van der Waals surface area contributed by atoms with Gasteiger partial charge in [0, 0.05) is 13.0 Å². The molecule has 0 aliphatic heterocycles. The fourth-order valence-corrected chi connectivity index (χ4v) is 6.31. The zero-order valence-corrected chi connectivity index (χ0v) is 39.1. The van der Waals surface area contributed by atoms with Crippen LogP contribution in [0.4, 0.5) is 0 Å². The Morgan fingerprint density at radius 1 is 0.542 bits per heavy atom. The van der Waals surface area contributed by atoms with Crippen molar-refractivity contribution in [1.29, 1.82) is 0 Å². The largest absolute Gasteiger partial charge is 0.756 e. The van der Waals surface area contributed by atoms with E-state index in [1.54, 1.807) is 0 Å². The summed E-state index contributed by atoms with van der Waals surface area (Å²) in [5.41, 5.74) is 0. The van der Waals surface area contributed by atoms with Crippen LogP contribution in [0.1, 0.15) is 155 Å². The third kappa shape index (κ3) is 46.3. The number of unbranched alkanes of at least 4 members (excludes halogenated alkanes) is 11. The van der Waals surface area contributed by atoms with Gasteiger partial charge in [0.2, 0.25) is 0 Å². The molecule has 0 aromatic rings. The Morgan fingerprint density at radius 3 is 1.47 bits per heavy atom. The van der Waals surface area contributed by atoms with Gasteiger partial charge in [0.05, 0.1) is 34.4 Å². The number of hydrogen-bond donors (Lipinski definition) is 0. The standard InChI is InChI=1S/C50H86NO7P/c1-6-8-10-12-14-16-18-20-22-24-26-27-29-31-33-35-37-39-41-43-50(52)58-49(48-57-59(53,54)56-46-44-51(3,4)5)47-55-45-42-40-38-36-34-32-30-28-25-23-21-19-17-15-13-11-9-7-2/h9,11,14-17,20-23,26-28,30,34,36,49H,6-8,10,12-13,18-19,24-25,29,31-33,35,37-48H2,1-5H3/b11-9-,16-14-,17-15-,22-20-,23-21-,27-26-,30-28-,36-34-. The van der Waals surface area contributed by atoms with E-state index in [9.17, 15) is 14.3 Å². The van der Waals surface area contributed by atoms with Crippen LogP contribution >= 0.6 is 7.82 Å². The van der Waals surface area contributed by atoms with Crippen LogP contribution in [0.5, 0.6) is 0 Å². The molecular weight excluding hydrogens is 758 g/mol. The summed E-state index contributed by atoms with van der Waals surface area (Å²) in [7, 11) is 1.30. The van der Waals surface area contributed by atoms with E-state index < -0.39 is 13.9 Å². The van der Waals surface area contributed by atoms with Crippen molar-refractivity contribution < 1.29 is 37.3 Å². The van der Waals surface area contributed by atoms with Crippen molar-refractivity contribution in [3.63, 3.8) is 0 Å². The lowest BCUT2D eigenvalue weighted by Crippen LogP contribution is -2.37. The number of carbonyl (C=O) groups is 1. The van der Waals surface area contributed by atoms with Crippen molar-refractivity contribution in [2.75, 3.05) is 54.1 Å². The molecule has 0 spiro atoms. The van der Waals surface area contributed by atoms with Crippen molar-refractivity contribution in [1.82, 2.24) is 0 Å². The van der Waals surface area contributed by atoms with E-state index in [1.807, 2.05) is 21.1 Å². The minimum atomic E-state index is -4.55. The molecule has 0 radical (unpaired) electrons. The number of rotatable bonds is 41. The van der Waals surface area contributed by atoms with Gasteiger partial charge in [0.25, 0.3) is 7.82 Å². The first-order valence-corrected chi connectivity index (χ1v) is 24.4. The Kier molecular flexibility index (Phi) is 40.3. The number of hydrogen-bond acceptors (Lipinski definition) is 7. The first-order chi connectivity index (χ1) is 28.6. The number of carbonyl (C=O) groups excluding carboxylic acids is 1. The molecular formula is C50H86NO7P. The lowest BCUT2D eigenvalue weighted by atomic mass is 10.1. The van der Waals surface area contributed by atoms with Gasteiger partial charge in [-0.3, -0.25) is 9.36 Å². The zero-order valence-electron chi connectivity index (χ0n) is 38.2. The fraction of sp³-hybridized carbons (Fsp3) is 0.660. The summed E-state index contributed by atoms with van der Waals surface area (Å²) in [6.45, 7) is 5.11. The molecule has 0 aliphatic rings. The Morgan fingerprint density at radius 2 is 0.983 bits per heavy atom. The summed E-state index contributed by atoms with van der Waals surface area (Å²) in [5, 5.41) is 0. The van der Waals surface area contributed by atoms with Gasteiger partial charge >= 0.3 is 5.97 Å². The summed E-state index contributed by atoms with van der Waals surface area (Å²) in [4.78, 5) is 25.1. The third-order valence-electron chi connectivity index (χ3n) is 9.12. The summed E-state index contributed by atoms with van der Waals surface area (Å²) >= 11 is 0. The summed E-state index contributed by atoms with van der Waals surface area (Å²) in [6, 6.07) is 0. The minimum Gasteiger partial charge on any atom is -0.756 e. The van der Waals surface area contributed by atoms with E-state index in [0.717, 1.165) is 96.3 Å². The van der Waals surface area contributed by atoms with E-state index in [4.69, 9.17) is 18.5 Å². The highest BCUT2D eigenvalue weighted by Gasteiger charge is 2.20. The van der Waals surface area contributed by atoms with Crippen LogP contribution in [0.2, 0.25) is 0 Å². The van der Waals surface area contributed by atoms with Gasteiger partial charge in [0.1, 0.15) is 19.3 Å². The molecule has 0 fully saturated rings. The van der Waals surface area contributed by atoms with Gasteiger partial charge in [-0.2, -0.15) is 0 Å². The van der Waals surface area contributed by atoms with E-state index in [-0.39, 0.29) is 32.2 Å². The fourth-order valence-electron chi connectivity index (χ4n) is 5.58. The molecule has 0 aromatic heterocycles. The smallest absolute Gasteiger partial charge is 0.306 e. The van der Waals surface area contributed by atoms with Crippen molar-refractivity contribution >= 4 is 13.8 Å². The number of nitrogens with zero attached hydrogens (tertiary/aromatic N) is 1.